The van der Waals surface area contributed by atoms with E-state index in [0.29, 0.717) is 6.54 Å². The second kappa shape index (κ2) is 5.53. The van der Waals surface area contributed by atoms with Crippen LogP contribution in [0.2, 0.25) is 0 Å². The molecular weight excluding hydrogens is 282 g/mol. The van der Waals surface area contributed by atoms with Gasteiger partial charge in [-0.15, -0.1) is 0 Å². The molecule has 0 aliphatic rings. The number of halogens is 1. The van der Waals surface area contributed by atoms with Crippen LogP contribution < -0.4 is 5.73 Å². The first-order chi connectivity index (χ1) is 7.79. The van der Waals surface area contributed by atoms with Crippen LogP contribution in [-0.4, -0.2) is 0 Å². The van der Waals surface area contributed by atoms with Crippen LogP contribution in [0.15, 0.2) is 62.8 Å². The van der Waals surface area contributed by atoms with E-state index in [-0.39, 0.29) is 0 Å². The summed E-state index contributed by atoms with van der Waals surface area (Å²) in [7, 11) is 0. The van der Waals surface area contributed by atoms with Crippen LogP contribution in [-0.2, 0) is 6.54 Å². The molecule has 0 radical (unpaired) electrons. The Balaban J connectivity index is 2.22. The Morgan fingerprint density at radius 3 is 2.44 bits per heavy atom. The second-order valence-corrected chi connectivity index (χ2v) is 5.35. The van der Waals surface area contributed by atoms with Crippen molar-refractivity contribution in [2.45, 2.75) is 16.3 Å². The number of benzene rings is 2. The van der Waals surface area contributed by atoms with Crippen molar-refractivity contribution in [3.8, 4) is 0 Å². The molecule has 1 nitrogen and oxygen atoms in total. The lowest BCUT2D eigenvalue weighted by atomic mass is 10.2. The van der Waals surface area contributed by atoms with Crippen LogP contribution >= 0.6 is 27.7 Å². The summed E-state index contributed by atoms with van der Waals surface area (Å²) in [6.45, 7) is 0.578. The molecule has 2 aromatic carbocycles. The second-order valence-electron chi connectivity index (χ2n) is 3.38. The molecule has 0 fully saturated rings. The quantitative estimate of drug-likeness (QED) is 0.924. The lowest BCUT2D eigenvalue weighted by Gasteiger charge is -2.06. The maximum atomic E-state index is 5.59. The highest BCUT2D eigenvalue weighted by Crippen LogP contribution is 2.33. The maximum Gasteiger partial charge on any atom is 0.0318 e. The molecule has 0 spiro atoms. The van der Waals surface area contributed by atoms with Gasteiger partial charge in [-0.3, -0.25) is 0 Å². The van der Waals surface area contributed by atoms with E-state index in [4.69, 9.17) is 5.73 Å². The summed E-state index contributed by atoms with van der Waals surface area (Å²) in [4.78, 5) is 2.45. The SMILES string of the molecule is NCc1ccc(Sc2ccccc2)c(Br)c1. The van der Waals surface area contributed by atoms with Gasteiger partial charge in [0.1, 0.15) is 0 Å². The fourth-order valence-electron chi connectivity index (χ4n) is 1.37. The summed E-state index contributed by atoms with van der Waals surface area (Å²) in [6.07, 6.45) is 0. The average Bonchev–Trinajstić information content (AvgIpc) is 2.33. The van der Waals surface area contributed by atoms with Crippen molar-refractivity contribution in [1.82, 2.24) is 0 Å². The van der Waals surface area contributed by atoms with Gasteiger partial charge in [-0.25, -0.2) is 0 Å². The molecule has 82 valence electrons. The Kier molecular flexibility index (Phi) is 4.04. The van der Waals surface area contributed by atoms with Crippen LogP contribution in [0.1, 0.15) is 5.56 Å². The van der Waals surface area contributed by atoms with Crippen molar-refractivity contribution in [1.29, 1.82) is 0 Å². The third-order valence-electron chi connectivity index (χ3n) is 2.20. The summed E-state index contributed by atoms with van der Waals surface area (Å²) in [6, 6.07) is 16.6. The van der Waals surface area contributed by atoms with Gasteiger partial charge in [-0.05, 0) is 45.8 Å². The van der Waals surface area contributed by atoms with Crippen molar-refractivity contribution >= 4 is 27.7 Å². The van der Waals surface area contributed by atoms with E-state index in [1.165, 1.54) is 9.79 Å². The van der Waals surface area contributed by atoms with Gasteiger partial charge in [0.2, 0.25) is 0 Å². The zero-order valence-electron chi connectivity index (χ0n) is 8.69. The lowest BCUT2D eigenvalue weighted by Crippen LogP contribution is -1.95. The Hall–Kier alpha value is -0.770. The smallest absolute Gasteiger partial charge is 0.0318 e. The lowest BCUT2D eigenvalue weighted by molar-refractivity contribution is 1.06. The van der Waals surface area contributed by atoms with Crippen LogP contribution in [0.5, 0.6) is 0 Å². The first kappa shape index (κ1) is 11.7. The molecule has 0 heterocycles. The molecule has 2 N–H and O–H groups in total. The topological polar surface area (TPSA) is 26.0 Å². The predicted molar refractivity (Wildman–Crippen MR) is 72.6 cm³/mol. The highest BCUT2D eigenvalue weighted by atomic mass is 79.9. The van der Waals surface area contributed by atoms with Crippen LogP contribution in [0.4, 0.5) is 0 Å². The van der Waals surface area contributed by atoms with Gasteiger partial charge in [-0.2, -0.15) is 0 Å². The van der Waals surface area contributed by atoms with E-state index in [1.54, 1.807) is 11.8 Å². The van der Waals surface area contributed by atoms with E-state index in [9.17, 15) is 0 Å². The minimum absolute atomic E-state index is 0.578. The molecule has 0 saturated heterocycles. The number of rotatable bonds is 3. The van der Waals surface area contributed by atoms with Crippen molar-refractivity contribution in [3.63, 3.8) is 0 Å². The molecule has 0 aliphatic carbocycles. The molecule has 16 heavy (non-hydrogen) atoms. The zero-order chi connectivity index (χ0) is 11.4. The van der Waals surface area contributed by atoms with Gasteiger partial charge in [0.25, 0.3) is 0 Å². The van der Waals surface area contributed by atoms with E-state index < -0.39 is 0 Å². The summed E-state index contributed by atoms with van der Waals surface area (Å²) >= 11 is 5.31. The minimum atomic E-state index is 0.578. The summed E-state index contributed by atoms with van der Waals surface area (Å²) in [5, 5.41) is 0. The molecular formula is C13H12BrNS. The molecule has 0 aromatic heterocycles. The molecule has 0 bridgehead atoms. The van der Waals surface area contributed by atoms with Crippen molar-refractivity contribution in [3.05, 3.63) is 58.6 Å². The van der Waals surface area contributed by atoms with E-state index >= 15 is 0 Å². The molecule has 0 amide bonds. The highest BCUT2D eigenvalue weighted by molar-refractivity contribution is 9.10. The Labute approximate surface area is 108 Å². The van der Waals surface area contributed by atoms with E-state index in [2.05, 4.69) is 46.3 Å². The molecule has 3 heteroatoms. The minimum Gasteiger partial charge on any atom is -0.326 e. The number of hydrogen-bond donors (Lipinski definition) is 1. The highest BCUT2D eigenvalue weighted by Gasteiger charge is 2.02. The molecule has 2 aromatic rings. The zero-order valence-corrected chi connectivity index (χ0v) is 11.1. The Bertz CT molecular complexity index is 471. The van der Waals surface area contributed by atoms with Gasteiger partial charge in [-0.1, -0.05) is 36.0 Å². The molecule has 2 rings (SSSR count). The normalized spacial score (nSPS) is 10.4. The standard InChI is InChI=1S/C13H12BrNS/c14-12-8-10(9-15)6-7-13(12)16-11-4-2-1-3-5-11/h1-8H,9,15H2. The number of nitrogens with two attached hydrogens (primary N) is 1. The van der Waals surface area contributed by atoms with Crippen molar-refractivity contribution in [2.75, 3.05) is 0 Å². The first-order valence-corrected chi connectivity index (χ1v) is 6.62. The van der Waals surface area contributed by atoms with Crippen LogP contribution in [0.3, 0.4) is 0 Å². The van der Waals surface area contributed by atoms with Crippen molar-refractivity contribution < 1.29 is 0 Å². The summed E-state index contributed by atoms with van der Waals surface area (Å²) in [5.74, 6) is 0. The molecule has 0 atom stereocenters. The van der Waals surface area contributed by atoms with Crippen LogP contribution in [0, 0.1) is 0 Å². The van der Waals surface area contributed by atoms with Gasteiger partial charge in [0, 0.05) is 20.8 Å². The van der Waals surface area contributed by atoms with E-state index in [0.717, 1.165) is 10.0 Å². The third-order valence-corrected chi connectivity index (χ3v) is 4.21. The average molecular weight is 294 g/mol. The summed E-state index contributed by atoms with van der Waals surface area (Å²) < 4.78 is 1.10. The van der Waals surface area contributed by atoms with E-state index in [1.807, 2.05) is 18.2 Å². The van der Waals surface area contributed by atoms with Crippen LogP contribution in [0.25, 0.3) is 0 Å². The molecule has 0 unspecified atom stereocenters. The van der Waals surface area contributed by atoms with Gasteiger partial charge in [0.05, 0.1) is 0 Å². The maximum absolute atomic E-state index is 5.59. The monoisotopic (exact) mass is 293 g/mol. The fourth-order valence-corrected chi connectivity index (χ4v) is 2.88. The Morgan fingerprint density at radius 2 is 1.81 bits per heavy atom. The molecule has 0 aliphatic heterocycles. The first-order valence-electron chi connectivity index (χ1n) is 5.01. The molecule has 0 saturated carbocycles. The van der Waals surface area contributed by atoms with Gasteiger partial charge in [0.15, 0.2) is 0 Å². The summed E-state index contributed by atoms with van der Waals surface area (Å²) in [5.41, 5.74) is 6.74. The Morgan fingerprint density at radius 1 is 1.06 bits per heavy atom. The number of hydrogen-bond acceptors (Lipinski definition) is 2. The van der Waals surface area contributed by atoms with Gasteiger partial charge < -0.3 is 5.73 Å². The van der Waals surface area contributed by atoms with Gasteiger partial charge >= 0.3 is 0 Å². The fraction of sp³-hybridized carbons (Fsp3) is 0.0769. The van der Waals surface area contributed by atoms with Crippen molar-refractivity contribution in [2.24, 2.45) is 5.73 Å². The third kappa shape index (κ3) is 2.88. The largest absolute Gasteiger partial charge is 0.326 e. The predicted octanol–water partition coefficient (Wildman–Crippen LogP) is 4.06.